The molecule has 0 unspecified atom stereocenters. The number of nitrogens with one attached hydrogen (secondary N) is 3. The highest BCUT2D eigenvalue weighted by Crippen LogP contribution is 2.31. The van der Waals surface area contributed by atoms with Crippen LogP contribution in [0.3, 0.4) is 0 Å². The van der Waals surface area contributed by atoms with Gasteiger partial charge in [0.2, 0.25) is 0 Å². The van der Waals surface area contributed by atoms with Crippen molar-refractivity contribution >= 4 is 39.7 Å². The highest BCUT2D eigenvalue weighted by Gasteiger charge is 2.25. The Bertz CT molecular complexity index is 1630. The number of carbonyl (C=O) groups excluding carboxylic acids is 1. The van der Waals surface area contributed by atoms with Gasteiger partial charge in [-0.2, -0.15) is 10.2 Å². The minimum absolute atomic E-state index is 0.0176. The van der Waals surface area contributed by atoms with E-state index in [1.54, 1.807) is 10.7 Å². The Morgan fingerprint density at radius 1 is 1.20 bits per heavy atom. The lowest BCUT2D eigenvalue weighted by Crippen LogP contribution is -2.44. The summed E-state index contributed by atoms with van der Waals surface area (Å²) < 4.78 is 9.36. The number of anilines is 3. The predicted molar refractivity (Wildman–Crippen MR) is 153 cm³/mol. The maximum atomic E-state index is 12.8. The maximum Gasteiger partial charge on any atom is 0.411 e. The number of aromatic nitrogens is 5. The van der Waals surface area contributed by atoms with Crippen LogP contribution in [-0.4, -0.2) is 60.9 Å². The lowest BCUT2D eigenvalue weighted by Gasteiger charge is -2.28. The number of benzene rings is 2. The SMILES string of the molecule is CCc1c(NC(=O)O[C@@H]2CCN[C@@H](CO)C2)cn2ncnc(Nc3ccc4c(cnn4Cc4ccccc4)c3)c12. The summed E-state index contributed by atoms with van der Waals surface area (Å²) in [5.74, 6) is 0.633. The van der Waals surface area contributed by atoms with Gasteiger partial charge in [0, 0.05) is 29.1 Å². The quantitative estimate of drug-likeness (QED) is 0.232. The molecule has 1 saturated heterocycles. The van der Waals surface area contributed by atoms with Crippen molar-refractivity contribution in [3.8, 4) is 0 Å². The molecule has 0 aliphatic carbocycles. The van der Waals surface area contributed by atoms with Gasteiger partial charge in [0.15, 0.2) is 5.82 Å². The van der Waals surface area contributed by atoms with Gasteiger partial charge in [-0.15, -0.1) is 0 Å². The smallest absolute Gasteiger partial charge is 0.411 e. The average Bonchev–Trinajstić information content (AvgIpc) is 3.54. The van der Waals surface area contributed by atoms with Crippen LogP contribution in [-0.2, 0) is 17.7 Å². The van der Waals surface area contributed by atoms with Crippen LogP contribution in [0.15, 0.2) is 67.3 Å². The third kappa shape index (κ3) is 5.33. The topological polar surface area (TPSA) is 131 Å². The number of aliphatic hydroxyl groups is 1. The first kappa shape index (κ1) is 25.8. The molecule has 0 radical (unpaired) electrons. The van der Waals surface area contributed by atoms with E-state index in [4.69, 9.17) is 4.74 Å². The number of hydrogen-bond donors (Lipinski definition) is 4. The summed E-state index contributed by atoms with van der Waals surface area (Å²) in [6.45, 7) is 3.44. The van der Waals surface area contributed by atoms with Crippen LogP contribution < -0.4 is 16.0 Å². The normalized spacial score (nSPS) is 17.2. The van der Waals surface area contributed by atoms with E-state index in [-0.39, 0.29) is 18.8 Å². The van der Waals surface area contributed by atoms with Crippen LogP contribution in [0.4, 0.5) is 22.0 Å². The molecule has 2 atom stereocenters. The summed E-state index contributed by atoms with van der Waals surface area (Å²) in [6, 6.07) is 16.3. The average molecular weight is 541 g/mol. The second-order valence-electron chi connectivity index (χ2n) is 9.97. The van der Waals surface area contributed by atoms with Crippen LogP contribution in [0.1, 0.15) is 30.9 Å². The summed E-state index contributed by atoms with van der Waals surface area (Å²) in [7, 11) is 0. The van der Waals surface area contributed by atoms with Gasteiger partial charge in [-0.1, -0.05) is 37.3 Å². The number of amides is 1. The molecule has 11 nitrogen and oxygen atoms in total. The molecule has 1 fully saturated rings. The number of piperidine rings is 1. The zero-order valence-electron chi connectivity index (χ0n) is 22.2. The van der Waals surface area contributed by atoms with E-state index < -0.39 is 6.09 Å². The molecule has 1 amide bonds. The van der Waals surface area contributed by atoms with Crippen molar-refractivity contribution in [1.82, 2.24) is 29.7 Å². The van der Waals surface area contributed by atoms with Crippen molar-refractivity contribution in [2.45, 2.75) is 44.9 Å². The van der Waals surface area contributed by atoms with Crippen molar-refractivity contribution in [1.29, 1.82) is 0 Å². The highest BCUT2D eigenvalue weighted by atomic mass is 16.6. The molecule has 4 N–H and O–H groups in total. The standard InChI is InChI=1S/C29H32N8O3/c1-2-24-25(35-29(39)40-23-10-11-30-22(13-23)17-38)16-37-27(24)28(31-18-33-37)34-21-8-9-26-20(12-21)14-32-36(26)15-19-6-4-3-5-7-19/h3-9,12,14,16,18,22-23,30,38H,2,10-11,13,15,17H2,1H3,(H,35,39)(H,31,33,34)/t22-,23-/m1/s1. The highest BCUT2D eigenvalue weighted by molar-refractivity contribution is 5.91. The molecule has 5 aromatic rings. The molecule has 206 valence electrons. The van der Waals surface area contributed by atoms with Crippen molar-refractivity contribution in [3.05, 3.63) is 78.4 Å². The number of ether oxygens (including phenoxy) is 1. The Kier molecular flexibility index (Phi) is 7.30. The second kappa shape index (κ2) is 11.3. The van der Waals surface area contributed by atoms with Crippen molar-refractivity contribution < 1.29 is 14.6 Å². The van der Waals surface area contributed by atoms with E-state index in [2.05, 4.69) is 49.3 Å². The van der Waals surface area contributed by atoms with Gasteiger partial charge >= 0.3 is 6.09 Å². The fraction of sp³-hybridized carbons (Fsp3) is 0.310. The first-order valence-electron chi connectivity index (χ1n) is 13.5. The monoisotopic (exact) mass is 540 g/mol. The molecule has 3 aromatic heterocycles. The van der Waals surface area contributed by atoms with E-state index in [0.29, 0.717) is 43.9 Å². The molecule has 0 saturated carbocycles. The summed E-state index contributed by atoms with van der Waals surface area (Å²) in [6.07, 6.45) is 6.30. The Morgan fingerprint density at radius 3 is 2.90 bits per heavy atom. The fourth-order valence-corrected chi connectivity index (χ4v) is 5.32. The van der Waals surface area contributed by atoms with Crippen LogP contribution in [0.2, 0.25) is 0 Å². The summed E-state index contributed by atoms with van der Waals surface area (Å²) in [4.78, 5) is 17.3. The second-order valence-corrected chi connectivity index (χ2v) is 9.97. The van der Waals surface area contributed by atoms with E-state index in [1.165, 1.54) is 11.9 Å². The zero-order chi connectivity index (χ0) is 27.5. The Morgan fingerprint density at radius 2 is 2.08 bits per heavy atom. The lowest BCUT2D eigenvalue weighted by molar-refractivity contribution is 0.0680. The van der Waals surface area contributed by atoms with Gasteiger partial charge in [0.1, 0.15) is 17.9 Å². The number of carbonyl (C=O) groups is 1. The predicted octanol–water partition coefficient (Wildman–Crippen LogP) is 4.09. The number of aryl methyl sites for hydroxylation is 1. The van der Waals surface area contributed by atoms with Gasteiger partial charge < -0.3 is 20.5 Å². The van der Waals surface area contributed by atoms with Crippen molar-refractivity contribution in [3.63, 3.8) is 0 Å². The molecule has 1 aliphatic rings. The van der Waals surface area contributed by atoms with Crippen LogP contribution in [0, 0.1) is 0 Å². The van der Waals surface area contributed by atoms with Crippen LogP contribution in [0.25, 0.3) is 16.4 Å². The Hall–Kier alpha value is -4.48. The molecule has 2 aromatic carbocycles. The number of hydrogen-bond acceptors (Lipinski definition) is 8. The van der Waals surface area contributed by atoms with Gasteiger partial charge in [-0.25, -0.2) is 14.3 Å². The maximum absolute atomic E-state index is 12.8. The molecular formula is C29H32N8O3. The third-order valence-corrected chi connectivity index (χ3v) is 7.29. The molecule has 0 spiro atoms. The van der Waals surface area contributed by atoms with E-state index >= 15 is 0 Å². The molecule has 1 aliphatic heterocycles. The largest absolute Gasteiger partial charge is 0.446 e. The van der Waals surface area contributed by atoms with Gasteiger partial charge in [0.05, 0.1) is 36.7 Å². The number of fused-ring (bicyclic) bond motifs is 2. The zero-order valence-corrected chi connectivity index (χ0v) is 22.2. The fourth-order valence-electron chi connectivity index (χ4n) is 5.32. The van der Waals surface area contributed by atoms with Crippen LogP contribution >= 0.6 is 0 Å². The van der Waals surface area contributed by atoms with Crippen molar-refractivity contribution in [2.24, 2.45) is 0 Å². The summed E-state index contributed by atoms with van der Waals surface area (Å²) >= 11 is 0. The van der Waals surface area contributed by atoms with Crippen LogP contribution in [0.5, 0.6) is 0 Å². The Labute approximate surface area is 231 Å². The summed E-state index contributed by atoms with van der Waals surface area (Å²) in [5.41, 5.74) is 5.41. The Balaban J connectivity index is 1.21. The van der Waals surface area contributed by atoms with Gasteiger partial charge in [0.25, 0.3) is 0 Å². The molecule has 11 heteroatoms. The first-order valence-corrected chi connectivity index (χ1v) is 13.5. The van der Waals surface area contributed by atoms with E-state index in [1.807, 2.05) is 48.1 Å². The minimum atomic E-state index is -0.519. The third-order valence-electron chi connectivity index (χ3n) is 7.29. The minimum Gasteiger partial charge on any atom is -0.446 e. The molecule has 6 rings (SSSR count). The number of aliphatic hydroxyl groups excluding tert-OH is 1. The van der Waals surface area contributed by atoms with Gasteiger partial charge in [-0.3, -0.25) is 10.00 Å². The van der Waals surface area contributed by atoms with Gasteiger partial charge in [-0.05, 0) is 43.1 Å². The first-order chi connectivity index (χ1) is 19.6. The lowest BCUT2D eigenvalue weighted by atomic mass is 10.0. The molecule has 4 heterocycles. The molecular weight excluding hydrogens is 508 g/mol. The summed E-state index contributed by atoms with van der Waals surface area (Å²) in [5, 5.41) is 28.9. The number of rotatable bonds is 8. The molecule has 0 bridgehead atoms. The molecule has 40 heavy (non-hydrogen) atoms. The van der Waals surface area contributed by atoms with Crippen molar-refractivity contribution in [2.75, 3.05) is 23.8 Å². The van der Waals surface area contributed by atoms with E-state index in [0.717, 1.165) is 27.7 Å². The van der Waals surface area contributed by atoms with E-state index in [9.17, 15) is 9.90 Å². The number of nitrogens with zero attached hydrogens (tertiary/aromatic N) is 5.